The molecule has 4 nitrogen and oxygen atoms in total. The molecule has 0 aliphatic rings. The van der Waals surface area contributed by atoms with E-state index in [0.717, 1.165) is 11.1 Å². The molecular formula is C22H20O4. The van der Waals surface area contributed by atoms with Crippen molar-refractivity contribution in [3.05, 3.63) is 77.9 Å². The average Bonchev–Trinajstić information content (AvgIpc) is 2.67. The van der Waals surface area contributed by atoms with Gasteiger partial charge in [-0.2, -0.15) is 0 Å². The fourth-order valence-electron chi connectivity index (χ4n) is 2.78. The first kappa shape index (κ1) is 17.5. The Balaban J connectivity index is 1.57. The summed E-state index contributed by atoms with van der Waals surface area (Å²) in [6.07, 6.45) is 3.66. The minimum Gasteiger partial charge on any atom is -0.504 e. The first-order chi connectivity index (χ1) is 12.7. The standard InChI is InChI=1S/C22H20O4/c1-25-21-15-16(9-11-20(21)23)10-12-22(24)26-14-13-18-7-4-6-17-5-2-3-8-19(17)18/h2-12,15,23H,13-14H2,1H3/b12-10+. The van der Waals surface area contributed by atoms with Crippen LogP contribution in [0.4, 0.5) is 0 Å². The maximum Gasteiger partial charge on any atom is 0.330 e. The molecule has 132 valence electrons. The topological polar surface area (TPSA) is 55.8 Å². The van der Waals surface area contributed by atoms with Crippen LogP contribution in [-0.2, 0) is 16.0 Å². The summed E-state index contributed by atoms with van der Waals surface area (Å²) < 4.78 is 10.3. The lowest BCUT2D eigenvalue weighted by molar-refractivity contribution is -0.137. The number of carbonyl (C=O) groups excluding carboxylic acids is 1. The van der Waals surface area contributed by atoms with Crippen LogP contribution in [-0.4, -0.2) is 24.8 Å². The molecule has 3 aromatic carbocycles. The molecule has 0 unspecified atom stereocenters. The summed E-state index contributed by atoms with van der Waals surface area (Å²) in [5.41, 5.74) is 1.90. The number of hydrogen-bond donors (Lipinski definition) is 1. The SMILES string of the molecule is COc1cc(/C=C/C(=O)OCCc2cccc3ccccc23)ccc1O. The van der Waals surface area contributed by atoms with Crippen molar-refractivity contribution in [3.63, 3.8) is 0 Å². The van der Waals surface area contributed by atoms with Crippen LogP contribution in [0.1, 0.15) is 11.1 Å². The Kier molecular flexibility index (Phi) is 5.54. The predicted octanol–water partition coefficient (Wildman–Crippen LogP) is 4.35. The number of aromatic hydroxyl groups is 1. The van der Waals surface area contributed by atoms with Gasteiger partial charge in [0.05, 0.1) is 13.7 Å². The van der Waals surface area contributed by atoms with E-state index < -0.39 is 5.97 Å². The summed E-state index contributed by atoms with van der Waals surface area (Å²) in [6, 6.07) is 19.1. The van der Waals surface area contributed by atoms with Crippen LogP contribution in [0, 0.1) is 0 Å². The van der Waals surface area contributed by atoms with Crippen LogP contribution in [0.2, 0.25) is 0 Å². The number of phenols is 1. The molecule has 0 saturated heterocycles. The second kappa shape index (κ2) is 8.21. The maximum atomic E-state index is 11.9. The van der Waals surface area contributed by atoms with Crippen LogP contribution >= 0.6 is 0 Å². The molecule has 0 atom stereocenters. The van der Waals surface area contributed by atoms with Crippen molar-refractivity contribution in [2.75, 3.05) is 13.7 Å². The van der Waals surface area contributed by atoms with E-state index in [1.54, 1.807) is 18.2 Å². The van der Waals surface area contributed by atoms with Gasteiger partial charge in [-0.15, -0.1) is 0 Å². The highest BCUT2D eigenvalue weighted by molar-refractivity contribution is 5.87. The molecule has 1 N–H and O–H groups in total. The summed E-state index contributed by atoms with van der Waals surface area (Å²) in [6.45, 7) is 0.316. The van der Waals surface area contributed by atoms with Crippen LogP contribution in [0.25, 0.3) is 16.8 Å². The van der Waals surface area contributed by atoms with Crippen molar-refractivity contribution >= 4 is 22.8 Å². The van der Waals surface area contributed by atoms with Gasteiger partial charge in [0.2, 0.25) is 0 Å². The fourth-order valence-corrected chi connectivity index (χ4v) is 2.78. The molecule has 4 heteroatoms. The summed E-state index contributed by atoms with van der Waals surface area (Å²) in [4.78, 5) is 11.9. The lowest BCUT2D eigenvalue weighted by Crippen LogP contribution is -2.05. The van der Waals surface area contributed by atoms with Crippen LogP contribution in [0.5, 0.6) is 11.5 Å². The molecule has 0 fully saturated rings. The molecule has 26 heavy (non-hydrogen) atoms. The highest BCUT2D eigenvalue weighted by Gasteiger charge is 2.04. The zero-order chi connectivity index (χ0) is 18.4. The monoisotopic (exact) mass is 348 g/mol. The van der Waals surface area contributed by atoms with E-state index in [4.69, 9.17) is 9.47 Å². The molecule has 0 aromatic heterocycles. The fraction of sp³-hybridized carbons (Fsp3) is 0.136. The Morgan fingerprint density at radius 3 is 2.73 bits per heavy atom. The summed E-state index contributed by atoms with van der Waals surface area (Å²) in [7, 11) is 1.48. The molecule has 0 aliphatic carbocycles. The minimum absolute atomic E-state index is 0.0577. The number of rotatable bonds is 6. The van der Waals surface area contributed by atoms with Gasteiger partial charge in [0.25, 0.3) is 0 Å². The van der Waals surface area contributed by atoms with Crippen molar-refractivity contribution in [1.82, 2.24) is 0 Å². The third-order valence-electron chi connectivity index (χ3n) is 4.11. The first-order valence-corrected chi connectivity index (χ1v) is 8.36. The van der Waals surface area contributed by atoms with Crippen molar-refractivity contribution in [3.8, 4) is 11.5 Å². The Bertz CT molecular complexity index is 939. The van der Waals surface area contributed by atoms with E-state index in [1.807, 2.05) is 18.2 Å². The first-order valence-electron chi connectivity index (χ1n) is 8.36. The molecule has 0 saturated carbocycles. The number of methoxy groups -OCH3 is 1. The normalized spacial score (nSPS) is 11.0. The lowest BCUT2D eigenvalue weighted by atomic mass is 10.0. The van der Waals surface area contributed by atoms with Crippen LogP contribution in [0.15, 0.2) is 66.7 Å². The predicted molar refractivity (Wildman–Crippen MR) is 102 cm³/mol. The minimum atomic E-state index is -0.405. The van der Waals surface area contributed by atoms with Gasteiger partial charge in [-0.3, -0.25) is 0 Å². The van der Waals surface area contributed by atoms with E-state index in [2.05, 4.69) is 24.3 Å². The van der Waals surface area contributed by atoms with Crippen molar-refractivity contribution in [1.29, 1.82) is 0 Å². The van der Waals surface area contributed by atoms with Gasteiger partial charge in [0, 0.05) is 12.5 Å². The Hall–Kier alpha value is -3.27. The molecule has 3 aromatic rings. The number of carbonyl (C=O) groups is 1. The van der Waals surface area contributed by atoms with Gasteiger partial charge in [-0.25, -0.2) is 4.79 Å². The molecule has 0 radical (unpaired) electrons. The quantitative estimate of drug-likeness (QED) is 0.531. The second-order valence-electron chi connectivity index (χ2n) is 5.82. The molecule has 0 amide bonds. The molecule has 0 bridgehead atoms. The number of benzene rings is 3. The summed E-state index contributed by atoms with van der Waals surface area (Å²) >= 11 is 0. The average molecular weight is 348 g/mol. The van der Waals surface area contributed by atoms with Gasteiger partial charge >= 0.3 is 5.97 Å². The number of hydrogen-bond acceptors (Lipinski definition) is 4. The van der Waals surface area contributed by atoms with Gasteiger partial charge < -0.3 is 14.6 Å². The highest BCUT2D eigenvalue weighted by atomic mass is 16.5. The van der Waals surface area contributed by atoms with Gasteiger partial charge in [0.1, 0.15) is 0 Å². The summed E-state index contributed by atoms with van der Waals surface area (Å²) in [5, 5.41) is 11.9. The molecule has 0 aliphatic heterocycles. The third kappa shape index (κ3) is 4.22. The highest BCUT2D eigenvalue weighted by Crippen LogP contribution is 2.26. The van der Waals surface area contributed by atoms with E-state index >= 15 is 0 Å². The Morgan fingerprint density at radius 2 is 1.88 bits per heavy atom. The molecule has 0 heterocycles. The maximum absolute atomic E-state index is 11.9. The lowest BCUT2D eigenvalue weighted by Gasteiger charge is -2.07. The molecule has 3 rings (SSSR count). The largest absolute Gasteiger partial charge is 0.504 e. The molecule has 0 spiro atoms. The smallest absolute Gasteiger partial charge is 0.330 e. The van der Waals surface area contributed by atoms with E-state index in [0.29, 0.717) is 18.8 Å². The third-order valence-corrected chi connectivity index (χ3v) is 4.11. The van der Waals surface area contributed by atoms with Crippen LogP contribution < -0.4 is 4.74 Å². The Morgan fingerprint density at radius 1 is 1.08 bits per heavy atom. The number of fused-ring (bicyclic) bond motifs is 1. The number of esters is 1. The molecular weight excluding hydrogens is 328 g/mol. The Labute approximate surface area is 152 Å². The number of phenolic OH excluding ortho intramolecular Hbond substituents is 1. The van der Waals surface area contributed by atoms with Crippen LogP contribution in [0.3, 0.4) is 0 Å². The second-order valence-corrected chi connectivity index (χ2v) is 5.82. The van der Waals surface area contributed by atoms with Gasteiger partial charge in [-0.1, -0.05) is 48.5 Å². The van der Waals surface area contributed by atoms with E-state index in [9.17, 15) is 9.90 Å². The van der Waals surface area contributed by atoms with E-state index in [1.165, 1.54) is 30.0 Å². The zero-order valence-corrected chi connectivity index (χ0v) is 14.5. The number of ether oxygens (including phenoxy) is 2. The zero-order valence-electron chi connectivity index (χ0n) is 14.5. The van der Waals surface area contributed by atoms with E-state index in [-0.39, 0.29) is 5.75 Å². The van der Waals surface area contributed by atoms with Crippen molar-refractivity contribution in [2.24, 2.45) is 0 Å². The van der Waals surface area contributed by atoms with Crippen molar-refractivity contribution in [2.45, 2.75) is 6.42 Å². The van der Waals surface area contributed by atoms with Gasteiger partial charge in [0.15, 0.2) is 11.5 Å². The van der Waals surface area contributed by atoms with Crippen molar-refractivity contribution < 1.29 is 19.4 Å². The summed E-state index contributed by atoms with van der Waals surface area (Å²) in [5.74, 6) is 0.0102. The van der Waals surface area contributed by atoms with Gasteiger partial charge in [-0.05, 0) is 40.1 Å².